The molecule has 112 valence electrons. The molecule has 3 nitrogen and oxygen atoms in total. The number of carbonyl (C=O) groups is 2. The molecule has 3 heteroatoms. The van der Waals surface area contributed by atoms with Gasteiger partial charge in [0.15, 0.2) is 0 Å². The van der Waals surface area contributed by atoms with Gasteiger partial charge < -0.3 is 9.90 Å². The van der Waals surface area contributed by atoms with Crippen molar-refractivity contribution >= 4 is 12.3 Å². The first-order chi connectivity index (χ1) is 9.96. The molecule has 21 heavy (non-hydrogen) atoms. The molecule has 0 aromatic heterocycles. The van der Waals surface area contributed by atoms with E-state index in [4.69, 9.17) is 0 Å². The third kappa shape index (κ3) is 1.23. The highest BCUT2D eigenvalue weighted by molar-refractivity contribution is 5.94. The van der Waals surface area contributed by atoms with Gasteiger partial charge in [0.1, 0.15) is 6.29 Å². The zero-order valence-electron chi connectivity index (χ0n) is 12.6. The van der Waals surface area contributed by atoms with Crippen LogP contribution in [0.15, 0.2) is 23.3 Å². The van der Waals surface area contributed by atoms with Crippen molar-refractivity contribution in [2.75, 3.05) is 0 Å². The summed E-state index contributed by atoms with van der Waals surface area (Å²) in [5.74, 6) is -0.179. The van der Waals surface area contributed by atoms with E-state index in [0.29, 0.717) is 17.4 Å². The van der Waals surface area contributed by atoms with Crippen molar-refractivity contribution in [1.29, 1.82) is 0 Å². The molecule has 5 atom stereocenters. The summed E-state index contributed by atoms with van der Waals surface area (Å²) >= 11 is 0. The summed E-state index contributed by atoms with van der Waals surface area (Å²) in [6, 6.07) is 0. The topological polar surface area (TPSA) is 54.4 Å². The predicted molar refractivity (Wildman–Crippen MR) is 78.5 cm³/mol. The molecule has 1 spiro atoms. The van der Waals surface area contributed by atoms with Gasteiger partial charge in [-0.3, -0.25) is 0 Å². The Morgan fingerprint density at radius 2 is 2.05 bits per heavy atom. The maximum Gasteiger partial charge on any atom is 0.332 e. The van der Waals surface area contributed by atoms with E-state index in [2.05, 4.69) is 26.0 Å². The number of aliphatic carboxylic acids is 1. The van der Waals surface area contributed by atoms with E-state index in [0.717, 1.165) is 24.7 Å². The molecular weight excluding hydrogens is 264 g/mol. The number of carbonyl (C=O) groups excluding carboxylic acids is 1. The molecule has 4 aliphatic carbocycles. The van der Waals surface area contributed by atoms with Crippen LogP contribution in [0.3, 0.4) is 0 Å². The van der Waals surface area contributed by atoms with Gasteiger partial charge in [0.05, 0.1) is 5.92 Å². The summed E-state index contributed by atoms with van der Waals surface area (Å²) in [6.45, 7) is 4.63. The number of hydrogen-bond acceptors (Lipinski definition) is 2. The summed E-state index contributed by atoms with van der Waals surface area (Å²) in [6.07, 6.45) is 9.53. The highest BCUT2D eigenvalue weighted by atomic mass is 16.4. The number of rotatable bonds is 2. The van der Waals surface area contributed by atoms with E-state index in [9.17, 15) is 14.7 Å². The van der Waals surface area contributed by atoms with Crippen LogP contribution in [0.4, 0.5) is 0 Å². The SMILES string of the molecule is CC1(C)C2CCC3CC=CC4C(C=O)C(C(=O)O)=C(C2)C341. The van der Waals surface area contributed by atoms with Crippen molar-refractivity contribution < 1.29 is 14.7 Å². The number of aldehydes is 1. The van der Waals surface area contributed by atoms with E-state index in [-0.39, 0.29) is 16.7 Å². The summed E-state index contributed by atoms with van der Waals surface area (Å²) in [7, 11) is 0. The molecule has 0 heterocycles. The second-order valence-electron chi connectivity index (χ2n) is 7.81. The maximum atomic E-state index is 11.9. The first-order valence-corrected chi connectivity index (χ1v) is 8.05. The van der Waals surface area contributed by atoms with Gasteiger partial charge in [0.2, 0.25) is 0 Å². The molecule has 0 aromatic carbocycles. The Bertz CT molecular complexity index is 598. The van der Waals surface area contributed by atoms with Crippen LogP contribution in [0.1, 0.15) is 39.5 Å². The standard InChI is InChI=1S/C18H22O3/c1-17(2)11-7-6-10-4-3-5-13-12(9-19)15(16(20)21)14(8-11)18(10,13)17/h3,5,9-13H,4,6-8H2,1-2H3,(H,20,21). The quantitative estimate of drug-likeness (QED) is 0.626. The van der Waals surface area contributed by atoms with Crippen LogP contribution in [-0.4, -0.2) is 17.4 Å². The smallest absolute Gasteiger partial charge is 0.332 e. The zero-order chi connectivity index (χ0) is 15.0. The van der Waals surface area contributed by atoms with Gasteiger partial charge in [-0.15, -0.1) is 0 Å². The molecule has 0 saturated heterocycles. The Balaban J connectivity index is 2.05. The molecule has 5 unspecified atom stereocenters. The average Bonchev–Trinajstić information content (AvgIpc) is 2.74. The molecule has 4 rings (SSSR count). The minimum atomic E-state index is -0.874. The Hall–Kier alpha value is -1.38. The summed E-state index contributed by atoms with van der Waals surface area (Å²) in [4.78, 5) is 23.5. The monoisotopic (exact) mass is 286 g/mol. The van der Waals surface area contributed by atoms with Crippen molar-refractivity contribution in [3.8, 4) is 0 Å². The Labute approximate surface area is 125 Å². The lowest BCUT2D eigenvalue weighted by atomic mass is 9.47. The van der Waals surface area contributed by atoms with Gasteiger partial charge in [-0.1, -0.05) is 31.6 Å². The second kappa shape index (κ2) is 3.88. The molecule has 0 radical (unpaired) electrons. The number of carboxylic acids is 1. The van der Waals surface area contributed by atoms with Gasteiger partial charge in [-0.2, -0.15) is 0 Å². The van der Waals surface area contributed by atoms with Crippen LogP contribution in [0.2, 0.25) is 0 Å². The fraction of sp³-hybridized carbons (Fsp3) is 0.667. The lowest BCUT2D eigenvalue weighted by Crippen LogP contribution is -2.51. The molecule has 0 amide bonds. The van der Waals surface area contributed by atoms with Gasteiger partial charge >= 0.3 is 5.97 Å². The number of fused-ring (bicyclic) bond motifs is 1. The number of allylic oxidation sites excluding steroid dienone is 3. The lowest BCUT2D eigenvalue weighted by Gasteiger charge is -2.57. The molecule has 2 bridgehead atoms. The largest absolute Gasteiger partial charge is 0.478 e. The van der Waals surface area contributed by atoms with Crippen LogP contribution >= 0.6 is 0 Å². The van der Waals surface area contributed by atoms with E-state index in [1.54, 1.807) is 0 Å². The van der Waals surface area contributed by atoms with Crippen molar-refractivity contribution in [3.05, 3.63) is 23.3 Å². The van der Waals surface area contributed by atoms with Crippen LogP contribution < -0.4 is 0 Å². The lowest BCUT2D eigenvalue weighted by molar-refractivity contribution is -0.134. The van der Waals surface area contributed by atoms with Crippen LogP contribution in [-0.2, 0) is 9.59 Å². The van der Waals surface area contributed by atoms with Gasteiger partial charge in [0.25, 0.3) is 0 Å². The normalized spacial score (nSPS) is 45.6. The highest BCUT2D eigenvalue weighted by Crippen LogP contribution is 2.76. The van der Waals surface area contributed by atoms with Crippen LogP contribution in [0, 0.1) is 34.5 Å². The number of hydrogen-bond donors (Lipinski definition) is 1. The van der Waals surface area contributed by atoms with E-state index >= 15 is 0 Å². The Morgan fingerprint density at radius 3 is 2.71 bits per heavy atom. The molecule has 1 N–H and O–H groups in total. The van der Waals surface area contributed by atoms with Crippen molar-refractivity contribution in [2.45, 2.75) is 39.5 Å². The molecular formula is C18H22O3. The summed E-state index contributed by atoms with van der Waals surface area (Å²) < 4.78 is 0. The van der Waals surface area contributed by atoms with E-state index in [1.807, 2.05) is 0 Å². The molecule has 2 saturated carbocycles. The predicted octanol–water partition coefficient (Wildman–Crippen LogP) is 3.21. The van der Waals surface area contributed by atoms with Gasteiger partial charge in [0, 0.05) is 16.9 Å². The van der Waals surface area contributed by atoms with E-state index < -0.39 is 11.9 Å². The highest BCUT2D eigenvalue weighted by Gasteiger charge is 2.71. The minimum Gasteiger partial charge on any atom is -0.478 e. The molecule has 2 fully saturated rings. The first-order valence-electron chi connectivity index (χ1n) is 8.05. The molecule has 0 aliphatic heterocycles. The molecule has 4 aliphatic rings. The third-order valence-electron chi connectivity index (χ3n) is 7.26. The van der Waals surface area contributed by atoms with Gasteiger partial charge in [-0.25, -0.2) is 4.79 Å². The first kappa shape index (κ1) is 13.3. The summed E-state index contributed by atoms with van der Waals surface area (Å²) in [5, 5.41) is 9.73. The van der Waals surface area contributed by atoms with Crippen LogP contribution in [0.25, 0.3) is 0 Å². The maximum absolute atomic E-state index is 11.9. The Morgan fingerprint density at radius 1 is 1.33 bits per heavy atom. The number of carboxylic acid groups (broad SMARTS) is 1. The van der Waals surface area contributed by atoms with Crippen molar-refractivity contribution in [3.63, 3.8) is 0 Å². The Kier molecular flexibility index (Phi) is 2.45. The third-order valence-corrected chi connectivity index (χ3v) is 7.26. The second-order valence-corrected chi connectivity index (χ2v) is 7.81. The van der Waals surface area contributed by atoms with Crippen molar-refractivity contribution in [1.82, 2.24) is 0 Å². The van der Waals surface area contributed by atoms with Crippen molar-refractivity contribution in [2.24, 2.45) is 34.5 Å². The molecule has 0 aromatic rings. The average molecular weight is 286 g/mol. The summed E-state index contributed by atoms with van der Waals surface area (Å²) in [5.41, 5.74) is 1.58. The fourth-order valence-corrected chi connectivity index (χ4v) is 6.55. The zero-order valence-corrected chi connectivity index (χ0v) is 12.6. The van der Waals surface area contributed by atoms with E-state index in [1.165, 1.54) is 12.8 Å². The van der Waals surface area contributed by atoms with Crippen LogP contribution in [0.5, 0.6) is 0 Å². The van der Waals surface area contributed by atoms with Gasteiger partial charge in [-0.05, 0) is 42.9 Å². The fourth-order valence-electron chi connectivity index (χ4n) is 6.55. The minimum absolute atomic E-state index is 0.0650.